The maximum Gasteiger partial charge on any atom is 0.322 e. The molecule has 1 N–H and O–H groups in total. The minimum Gasteiger partial charge on any atom is -0.459 e. The van der Waals surface area contributed by atoms with Crippen LogP contribution in [0.15, 0.2) is 0 Å². The minimum absolute atomic E-state index is 0.497. The first kappa shape index (κ1) is 12.8. The number of thiol groups is 1. The fraction of sp³-hybridized carbons (Fsp3) is 0.889. The predicted molar refractivity (Wildman–Crippen MR) is 54.9 cm³/mol. The highest BCUT2D eigenvalue weighted by atomic mass is 32.1. The third kappa shape index (κ3) is 5.16. The van der Waals surface area contributed by atoms with Gasteiger partial charge in [0.2, 0.25) is 0 Å². The predicted octanol–water partition coefficient (Wildman–Crippen LogP) is 1.40. The molecule has 0 heterocycles. The van der Waals surface area contributed by atoms with E-state index in [-0.39, 0.29) is 0 Å². The molecular formula is C9H18O3S. The third-order valence-corrected chi connectivity index (χ3v) is 2.14. The van der Waals surface area contributed by atoms with Gasteiger partial charge in [-0.2, -0.15) is 12.6 Å². The zero-order valence-electron chi connectivity index (χ0n) is 8.79. The molecule has 0 amide bonds. The van der Waals surface area contributed by atoms with E-state index in [9.17, 15) is 9.90 Å². The van der Waals surface area contributed by atoms with Crippen LogP contribution in [0.5, 0.6) is 0 Å². The zero-order chi connectivity index (χ0) is 10.9. The van der Waals surface area contributed by atoms with Crippen LogP contribution in [0.4, 0.5) is 0 Å². The lowest BCUT2D eigenvalue weighted by molar-refractivity contribution is -0.158. The van der Waals surface area contributed by atoms with E-state index in [1.54, 1.807) is 20.8 Å². The molecule has 0 saturated heterocycles. The molecule has 0 aliphatic rings. The average molecular weight is 206 g/mol. The van der Waals surface area contributed by atoms with Crippen molar-refractivity contribution in [1.82, 2.24) is 0 Å². The summed E-state index contributed by atoms with van der Waals surface area (Å²) in [5, 5.41) is 8.66. The molecule has 1 atom stereocenters. The topological polar surface area (TPSA) is 46.5 Å². The summed E-state index contributed by atoms with van der Waals surface area (Å²) in [4.78, 5) is 11.3. The molecule has 4 heteroatoms. The van der Waals surface area contributed by atoms with E-state index in [1.807, 2.05) is 0 Å². The van der Waals surface area contributed by atoms with Crippen molar-refractivity contribution in [2.75, 3.05) is 0 Å². The van der Waals surface area contributed by atoms with Crippen LogP contribution in [0.2, 0.25) is 0 Å². The van der Waals surface area contributed by atoms with E-state index in [4.69, 9.17) is 4.74 Å². The number of hydrogen-bond acceptors (Lipinski definition) is 4. The molecule has 0 rings (SSSR count). The number of hydrogen-bond donors (Lipinski definition) is 2. The van der Waals surface area contributed by atoms with Crippen molar-refractivity contribution in [2.45, 2.75) is 51.1 Å². The number of esters is 1. The van der Waals surface area contributed by atoms with Crippen molar-refractivity contribution < 1.29 is 14.6 Å². The molecule has 0 saturated carbocycles. The van der Waals surface area contributed by atoms with Crippen LogP contribution in [0.25, 0.3) is 0 Å². The van der Waals surface area contributed by atoms with Gasteiger partial charge in [0.1, 0.15) is 10.9 Å². The first-order chi connectivity index (χ1) is 5.54. The summed E-state index contributed by atoms with van der Waals surface area (Å²) in [6.45, 7) is 8.37. The summed E-state index contributed by atoms with van der Waals surface area (Å²) in [7, 11) is 0. The van der Waals surface area contributed by atoms with Crippen molar-refractivity contribution in [1.29, 1.82) is 0 Å². The smallest absolute Gasteiger partial charge is 0.322 e. The van der Waals surface area contributed by atoms with Gasteiger partial charge in [-0.05, 0) is 34.6 Å². The fourth-order valence-corrected chi connectivity index (χ4v) is 0.699. The van der Waals surface area contributed by atoms with Gasteiger partial charge >= 0.3 is 5.97 Å². The maximum atomic E-state index is 11.3. The normalized spacial score (nSPS) is 15.3. The van der Waals surface area contributed by atoms with Crippen molar-refractivity contribution in [2.24, 2.45) is 0 Å². The van der Waals surface area contributed by atoms with Gasteiger partial charge in [-0.15, -0.1) is 0 Å². The van der Waals surface area contributed by atoms with Crippen LogP contribution in [0, 0.1) is 0 Å². The third-order valence-electron chi connectivity index (χ3n) is 1.30. The molecular weight excluding hydrogens is 188 g/mol. The van der Waals surface area contributed by atoms with Crippen LogP contribution >= 0.6 is 12.6 Å². The second kappa shape index (κ2) is 3.88. The maximum absolute atomic E-state index is 11.3. The van der Waals surface area contributed by atoms with Gasteiger partial charge in [-0.1, -0.05) is 0 Å². The Morgan fingerprint density at radius 3 is 1.92 bits per heavy atom. The summed E-state index contributed by atoms with van der Waals surface area (Å²) in [6.07, 6.45) is 0. The number of rotatable bonds is 2. The van der Waals surface area contributed by atoms with Crippen LogP contribution in [0.3, 0.4) is 0 Å². The lowest BCUT2D eigenvalue weighted by atomic mass is 10.1. The van der Waals surface area contributed by atoms with Crippen molar-refractivity contribution in [3.05, 3.63) is 0 Å². The van der Waals surface area contributed by atoms with E-state index in [2.05, 4.69) is 12.6 Å². The summed E-state index contributed by atoms with van der Waals surface area (Å²) in [5.74, 6) is -0.497. The van der Waals surface area contributed by atoms with Gasteiger partial charge < -0.3 is 9.84 Å². The van der Waals surface area contributed by atoms with Gasteiger partial charge in [0.05, 0.1) is 5.60 Å². The number of aliphatic hydroxyl groups is 1. The zero-order valence-corrected chi connectivity index (χ0v) is 9.68. The molecule has 0 fully saturated rings. The lowest BCUT2D eigenvalue weighted by Gasteiger charge is -2.27. The van der Waals surface area contributed by atoms with Gasteiger partial charge in [-0.3, -0.25) is 4.79 Å². The first-order valence-corrected chi connectivity index (χ1v) is 4.69. The van der Waals surface area contributed by atoms with E-state index in [1.165, 1.54) is 13.8 Å². The number of carbonyl (C=O) groups excluding carboxylic acids is 1. The highest BCUT2D eigenvalue weighted by Crippen LogP contribution is 2.19. The molecule has 0 bridgehead atoms. The Hall–Kier alpha value is -0.220. The van der Waals surface area contributed by atoms with Gasteiger partial charge in [0, 0.05) is 0 Å². The molecule has 1 unspecified atom stereocenters. The Morgan fingerprint density at radius 1 is 1.31 bits per heavy atom. The van der Waals surface area contributed by atoms with Crippen molar-refractivity contribution in [3.63, 3.8) is 0 Å². The van der Waals surface area contributed by atoms with E-state index >= 15 is 0 Å². The van der Waals surface area contributed by atoms with Gasteiger partial charge in [-0.25, -0.2) is 0 Å². The Bertz CT molecular complexity index is 188. The largest absolute Gasteiger partial charge is 0.459 e. The Kier molecular flexibility index (Phi) is 3.82. The highest BCUT2D eigenvalue weighted by molar-refractivity contribution is 7.81. The van der Waals surface area contributed by atoms with E-state index in [0.29, 0.717) is 0 Å². The summed E-state index contributed by atoms with van der Waals surface area (Å²) >= 11 is 3.99. The molecule has 3 nitrogen and oxygen atoms in total. The molecule has 0 spiro atoms. The van der Waals surface area contributed by atoms with Crippen molar-refractivity contribution >= 4 is 18.6 Å². The molecule has 0 radical (unpaired) electrons. The van der Waals surface area contributed by atoms with Crippen LogP contribution in [-0.2, 0) is 9.53 Å². The SMILES string of the molecule is CC(C)(C)OC(=O)C(S)C(C)(C)O. The summed E-state index contributed by atoms with van der Waals surface area (Å²) in [6, 6.07) is 0. The summed E-state index contributed by atoms with van der Waals surface area (Å²) < 4.78 is 5.05. The number of carbonyl (C=O) groups is 1. The van der Waals surface area contributed by atoms with Crippen LogP contribution in [-0.4, -0.2) is 27.5 Å². The molecule has 0 aromatic heterocycles. The average Bonchev–Trinajstić information content (AvgIpc) is 1.79. The van der Waals surface area contributed by atoms with Gasteiger partial charge in [0.25, 0.3) is 0 Å². The molecule has 78 valence electrons. The Morgan fingerprint density at radius 2 is 1.69 bits per heavy atom. The lowest BCUT2D eigenvalue weighted by Crippen LogP contribution is -2.41. The molecule has 13 heavy (non-hydrogen) atoms. The quantitative estimate of drug-likeness (QED) is 0.530. The first-order valence-electron chi connectivity index (χ1n) is 4.17. The minimum atomic E-state index is -1.16. The van der Waals surface area contributed by atoms with Crippen molar-refractivity contribution in [3.8, 4) is 0 Å². The Balaban J connectivity index is 4.30. The second-order valence-electron chi connectivity index (χ2n) is 4.59. The highest BCUT2D eigenvalue weighted by Gasteiger charge is 2.33. The summed E-state index contributed by atoms with van der Waals surface area (Å²) in [5.41, 5.74) is -1.70. The van der Waals surface area contributed by atoms with Gasteiger partial charge in [0.15, 0.2) is 0 Å². The standard InChI is InChI=1S/C9H18O3S/c1-8(2,3)12-7(10)6(13)9(4,5)11/h6,11,13H,1-5H3. The second-order valence-corrected chi connectivity index (χ2v) is 5.11. The number of ether oxygens (including phenoxy) is 1. The fourth-order valence-electron chi connectivity index (χ4n) is 0.646. The molecule has 0 aromatic rings. The van der Waals surface area contributed by atoms with Crippen LogP contribution in [0.1, 0.15) is 34.6 Å². The van der Waals surface area contributed by atoms with E-state index < -0.39 is 22.4 Å². The molecule has 0 aliphatic heterocycles. The molecule has 0 aliphatic carbocycles. The van der Waals surface area contributed by atoms with Crippen LogP contribution < -0.4 is 0 Å². The monoisotopic (exact) mass is 206 g/mol. The van der Waals surface area contributed by atoms with E-state index in [0.717, 1.165) is 0 Å². The molecule has 0 aromatic carbocycles. The Labute approximate surface area is 84.9 Å².